The van der Waals surface area contributed by atoms with Crippen molar-refractivity contribution in [2.75, 3.05) is 64.5 Å². The lowest BCUT2D eigenvalue weighted by molar-refractivity contribution is -0.138. The number of halogens is 3. The molecule has 4 amide bonds. The highest BCUT2D eigenvalue weighted by Gasteiger charge is 2.39. The van der Waals surface area contributed by atoms with Gasteiger partial charge in [-0.1, -0.05) is 19.6 Å². The molecule has 62 heavy (non-hydrogen) atoms. The number of fused-ring (bicyclic) bond motifs is 2. The molecule has 4 aliphatic rings. The van der Waals surface area contributed by atoms with Gasteiger partial charge in [0.1, 0.15) is 18.4 Å². The highest BCUT2D eigenvalue weighted by molar-refractivity contribution is 6.06. The minimum Gasteiger partial charge on any atom is -0.491 e. The molecule has 3 fully saturated rings. The zero-order chi connectivity index (χ0) is 42.7. The number of aromatic nitrogens is 2. The summed E-state index contributed by atoms with van der Waals surface area (Å²) in [5.74, 6) is -0.515. The quantitative estimate of drug-likeness (QED) is 0.107. The molecule has 0 bridgehead atoms. The fraction of sp³-hybridized carbons (Fsp3) is 0.489. The summed E-state index contributed by atoms with van der Waals surface area (Å²) < 4.78 is 54.0. The predicted octanol–water partition coefficient (Wildman–Crippen LogP) is 5.64. The molecular formula is C45H54F3N7O7. The molecule has 1 unspecified atom stereocenters. The number of hydrogen-bond acceptors (Lipinski definition) is 10. The van der Waals surface area contributed by atoms with Gasteiger partial charge in [-0.2, -0.15) is 13.2 Å². The number of rotatable bonds is 14. The number of alkyl halides is 3. The number of piperazine rings is 1. The summed E-state index contributed by atoms with van der Waals surface area (Å²) in [6, 6.07) is 15.1. The molecule has 1 saturated carbocycles. The van der Waals surface area contributed by atoms with Crippen LogP contribution < -0.4 is 15.4 Å². The third-order valence-corrected chi connectivity index (χ3v) is 12.3. The van der Waals surface area contributed by atoms with E-state index in [1.54, 1.807) is 12.1 Å². The molecule has 3 aliphatic heterocycles. The van der Waals surface area contributed by atoms with E-state index in [2.05, 4.69) is 26.5 Å². The molecule has 4 aromatic rings. The van der Waals surface area contributed by atoms with Crippen LogP contribution in [0, 0.1) is 5.92 Å². The van der Waals surface area contributed by atoms with E-state index in [1.807, 2.05) is 22.8 Å². The van der Waals surface area contributed by atoms with E-state index in [9.17, 15) is 37.5 Å². The Bertz CT molecular complexity index is 2270. The van der Waals surface area contributed by atoms with Gasteiger partial charge in [-0.15, -0.1) is 0 Å². The number of benzene rings is 3. The summed E-state index contributed by atoms with van der Waals surface area (Å²) in [5.41, 5.74) is 2.92. The first-order valence-corrected chi connectivity index (χ1v) is 21.0. The van der Waals surface area contributed by atoms with Gasteiger partial charge in [0, 0.05) is 76.0 Å². The second kappa shape index (κ2) is 19.4. The summed E-state index contributed by atoms with van der Waals surface area (Å²) in [7, 11) is 0. The molecule has 1 atom stereocenters. The highest BCUT2D eigenvalue weighted by atomic mass is 19.4. The van der Waals surface area contributed by atoms with Crippen molar-refractivity contribution >= 4 is 40.6 Å². The molecule has 3 N–H and O–H groups in total. The number of ether oxygens (including phenoxy) is 2. The minimum absolute atomic E-state index is 0. The molecule has 4 heterocycles. The standard InChI is InChI=1S/C44H50F3N7O7.CH4/c45-44(46,47)32-3-1-2-30(23-32)40(57)50-43-48-36-22-29(6-11-37(36)54(43)33-7-4-28(27-55)5-8-33)25-52-16-14-51(15-17-52)18-19-60-20-21-61-34-9-10-35-31(24-34)26-53(42(35)59)38-12-13-39(56)49-41(38)58;/h1-3,6,9-11,22-24,28,33,38,55H,4-5,7-8,12-21,25-27H2,(H,48,50,57)(H,49,56,58);1H4. The van der Waals surface area contributed by atoms with Crippen LogP contribution in [0.5, 0.6) is 5.75 Å². The highest BCUT2D eigenvalue weighted by Crippen LogP contribution is 2.37. The van der Waals surface area contributed by atoms with Crippen LogP contribution in [-0.2, 0) is 33.6 Å². The third-order valence-electron chi connectivity index (χ3n) is 12.3. The maximum atomic E-state index is 13.4. The summed E-state index contributed by atoms with van der Waals surface area (Å²) >= 11 is 0. The van der Waals surface area contributed by atoms with Gasteiger partial charge in [-0.05, 0) is 97.7 Å². The number of amides is 4. The van der Waals surface area contributed by atoms with Crippen molar-refractivity contribution in [2.24, 2.45) is 5.92 Å². The van der Waals surface area contributed by atoms with Crippen molar-refractivity contribution < 1.29 is 46.9 Å². The zero-order valence-electron chi connectivity index (χ0n) is 33.8. The van der Waals surface area contributed by atoms with Gasteiger partial charge in [0.25, 0.3) is 11.8 Å². The van der Waals surface area contributed by atoms with E-state index >= 15 is 0 Å². The number of nitrogens with one attached hydrogen (secondary N) is 2. The van der Waals surface area contributed by atoms with Gasteiger partial charge < -0.3 is 24.0 Å². The number of imidazole rings is 1. The average molecular weight is 862 g/mol. The van der Waals surface area contributed by atoms with Crippen LogP contribution in [0.4, 0.5) is 19.1 Å². The van der Waals surface area contributed by atoms with Crippen molar-refractivity contribution in [3.05, 3.63) is 88.5 Å². The van der Waals surface area contributed by atoms with E-state index in [4.69, 9.17) is 14.5 Å². The van der Waals surface area contributed by atoms with Crippen LogP contribution in [0.3, 0.4) is 0 Å². The lowest BCUT2D eigenvalue weighted by Crippen LogP contribution is -2.52. The zero-order valence-corrected chi connectivity index (χ0v) is 33.8. The van der Waals surface area contributed by atoms with Gasteiger partial charge in [-0.3, -0.25) is 39.6 Å². The second-order valence-corrected chi connectivity index (χ2v) is 16.3. The topological polar surface area (TPSA) is 159 Å². The van der Waals surface area contributed by atoms with Gasteiger partial charge in [0.05, 0.1) is 29.8 Å². The van der Waals surface area contributed by atoms with E-state index in [0.29, 0.717) is 55.6 Å². The first-order valence-electron chi connectivity index (χ1n) is 21.0. The Hall–Kier alpha value is -5.36. The molecular weight excluding hydrogens is 808 g/mol. The second-order valence-electron chi connectivity index (χ2n) is 16.3. The Morgan fingerprint density at radius 1 is 0.903 bits per heavy atom. The number of piperidine rings is 1. The number of carbonyl (C=O) groups excluding carboxylic acids is 4. The van der Waals surface area contributed by atoms with Crippen molar-refractivity contribution in [2.45, 2.75) is 77.3 Å². The van der Waals surface area contributed by atoms with E-state index < -0.39 is 29.6 Å². The lowest BCUT2D eigenvalue weighted by atomic mass is 9.86. The maximum absolute atomic E-state index is 13.4. The van der Waals surface area contributed by atoms with E-state index in [-0.39, 0.29) is 56.3 Å². The number of hydrogen-bond donors (Lipinski definition) is 3. The molecule has 17 heteroatoms. The lowest BCUT2D eigenvalue weighted by Gasteiger charge is -2.34. The van der Waals surface area contributed by atoms with Crippen LogP contribution in [0.1, 0.15) is 89.4 Å². The van der Waals surface area contributed by atoms with Crippen LogP contribution in [0.2, 0.25) is 0 Å². The Balaban J connectivity index is 0.00000578. The van der Waals surface area contributed by atoms with Gasteiger partial charge in [0.15, 0.2) is 0 Å². The minimum atomic E-state index is -4.57. The molecule has 0 spiro atoms. The van der Waals surface area contributed by atoms with E-state index in [1.165, 1.54) is 17.0 Å². The summed E-state index contributed by atoms with van der Waals surface area (Å²) in [5, 5.41) is 14.8. The number of carbonyl (C=O) groups is 4. The molecule has 3 aromatic carbocycles. The van der Waals surface area contributed by atoms with Crippen LogP contribution in [0.15, 0.2) is 60.7 Å². The average Bonchev–Trinajstić information content (AvgIpc) is 3.77. The Labute approximate surface area is 358 Å². The molecule has 8 rings (SSSR count). The third kappa shape index (κ3) is 10.1. The first-order chi connectivity index (χ1) is 29.4. The molecule has 2 saturated heterocycles. The predicted molar refractivity (Wildman–Crippen MR) is 224 cm³/mol. The smallest absolute Gasteiger partial charge is 0.416 e. The summed E-state index contributed by atoms with van der Waals surface area (Å²) in [6.07, 6.45) is -0.846. The number of nitrogens with zero attached hydrogens (tertiary/aromatic N) is 5. The van der Waals surface area contributed by atoms with E-state index in [0.717, 1.165) is 87.2 Å². The van der Waals surface area contributed by atoms with Gasteiger partial charge >= 0.3 is 6.18 Å². The summed E-state index contributed by atoms with van der Waals surface area (Å²) in [4.78, 5) is 61.2. The molecule has 332 valence electrons. The van der Waals surface area contributed by atoms with Crippen molar-refractivity contribution in [3.8, 4) is 5.75 Å². The van der Waals surface area contributed by atoms with Crippen LogP contribution in [-0.4, -0.2) is 118 Å². The number of imide groups is 1. The van der Waals surface area contributed by atoms with Gasteiger partial charge in [-0.25, -0.2) is 4.98 Å². The monoisotopic (exact) mass is 861 g/mol. The SMILES string of the molecule is C.O=C1CCC(N2Cc3cc(OCCOCCN4CCN(Cc5ccc6c(c5)nc(NC(=O)c5cccc(C(F)(F)F)c5)n6C5CCC(CO)CC5)CC4)ccc3C2=O)C(=O)N1. The Morgan fingerprint density at radius 3 is 2.42 bits per heavy atom. The molecule has 1 aromatic heterocycles. The Kier molecular flexibility index (Phi) is 14.0. The van der Waals surface area contributed by atoms with Gasteiger partial charge in [0.2, 0.25) is 17.8 Å². The van der Waals surface area contributed by atoms with Crippen LogP contribution in [0.25, 0.3) is 11.0 Å². The number of anilines is 1. The van der Waals surface area contributed by atoms with Crippen molar-refractivity contribution in [1.29, 1.82) is 0 Å². The summed E-state index contributed by atoms with van der Waals surface area (Å²) in [6.45, 7) is 6.68. The number of aliphatic hydroxyl groups excluding tert-OH is 1. The largest absolute Gasteiger partial charge is 0.491 e. The normalized spacial score (nSPS) is 21.1. The van der Waals surface area contributed by atoms with Crippen molar-refractivity contribution in [1.82, 2.24) is 29.6 Å². The fourth-order valence-electron chi connectivity index (χ4n) is 8.88. The molecule has 14 nitrogen and oxygen atoms in total. The molecule has 1 aliphatic carbocycles. The maximum Gasteiger partial charge on any atom is 0.416 e. The first kappa shape index (κ1) is 44.7. The fourth-order valence-corrected chi connectivity index (χ4v) is 8.88. The van der Waals surface area contributed by atoms with Crippen LogP contribution >= 0.6 is 0 Å². The molecule has 0 radical (unpaired) electrons. The number of aliphatic hydroxyl groups is 1. The Morgan fingerprint density at radius 2 is 1.68 bits per heavy atom. The van der Waals surface area contributed by atoms with Crippen molar-refractivity contribution in [3.63, 3.8) is 0 Å².